The van der Waals surface area contributed by atoms with Crippen molar-refractivity contribution in [2.45, 2.75) is 13.3 Å². The van der Waals surface area contributed by atoms with E-state index in [-0.39, 0.29) is 17.9 Å². The maximum atomic E-state index is 12.5. The van der Waals surface area contributed by atoms with Gasteiger partial charge in [-0.1, -0.05) is 46.6 Å². The second kappa shape index (κ2) is 9.33. The summed E-state index contributed by atoms with van der Waals surface area (Å²) in [5.74, 6) is 0.970. The van der Waals surface area contributed by atoms with Gasteiger partial charge in [0.05, 0.1) is 5.71 Å². The normalized spacial score (nSPS) is 18.9. The van der Waals surface area contributed by atoms with Crippen LogP contribution in [0.15, 0.2) is 58.1 Å². The Hall–Kier alpha value is -1.50. The minimum Gasteiger partial charge on any atom is -0.324 e. The molecule has 1 N–H and O–H groups in total. The maximum Gasteiger partial charge on any atom is 0.245 e. The molecule has 1 heterocycles. The van der Waals surface area contributed by atoms with E-state index < -0.39 is 0 Å². The van der Waals surface area contributed by atoms with E-state index in [0.29, 0.717) is 5.02 Å². The Kier molecular flexibility index (Phi) is 7.07. The number of carbonyl (C=O) groups excluding carboxylic acids is 1. The van der Waals surface area contributed by atoms with Gasteiger partial charge < -0.3 is 5.32 Å². The Labute approximate surface area is 183 Å². The number of carbonyl (C=O) groups is 1. The van der Waals surface area contributed by atoms with Crippen LogP contribution in [0.2, 0.25) is 5.02 Å². The lowest BCUT2D eigenvalue weighted by Crippen LogP contribution is -2.35. The van der Waals surface area contributed by atoms with E-state index in [2.05, 4.69) is 34.4 Å². The molecule has 7 heteroatoms. The zero-order valence-electron chi connectivity index (χ0n) is 15.9. The fraction of sp³-hybridized carbons (Fsp3) is 0.333. The molecule has 28 heavy (non-hydrogen) atoms. The molecule has 0 aromatic heterocycles. The zero-order valence-corrected chi connectivity index (χ0v) is 19.1. The molecule has 3 rings (SSSR count). The Balaban J connectivity index is 1.74. The monoisotopic (exact) mass is 479 g/mol. The van der Waals surface area contributed by atoms with Crippen molar-refractivity contribution in [1.29, 1.82) is 0 Å². The SMILES string of the molecule is CSCCC1(C)CN(CC(=O)Nc2ccc(Br)cc2)N=C1c1ccc(Cl)cc1. The summed E-state index contributed by atoms with van der Waals surface area (Å²) in [6.07, 6.45) is 3.11. The highest BCUT2D eigenvalue weighted by atomic mass is 79.9. The predicted octanol–water partition coefficient (Wildman–Crippen LogP) is 5.52. The smallest absolute Gasteiger partial charge is 0.245 e. The van der Waals surface area contributed by atoms with Gasteiger partial charge in [0.1, 0.15) is 6.54 Å². The average Bonchev–Trinajstić information content (AvgIpc) is 2.99. The number of thioether (sulfide) groups is 1. The van der Waals surface area contributed by atoms with Crippen molar-refractivity contribution < 1.29 is 4.79 Å². The third-order valence-corrected chi connectivity index (χ3v) is 6.17. The van der Waals surface area contributed by atoms with Crippen LogP contribution in [0.5, 0.6) is 0 Å². The molecule has 0 spiro atoms. The Morgan fingerprint density at radius 3 is 2.57 bits per heavy atom. The van der Waals surface area contributed by atoms with Crippen LogP contribution in [0.4, 0.5) is 5.69 Å². The molecule has 0 radical (unpaired) electrons. The van der Waals surface area contributed by atoms with Crippen LogP contribution < -0.4 is 5.32 Å². The summed E-state index contributed by atoms with van der Waals surface area (Å²) in [4.78, 5) is 12.5. The van der Waals surface area contributed by atoms with E-state index in [1.807, 2.05) is 65.3 Å². The summed E-state index contributed by atoms with van der Waals surface area (Å²) < 4.78 is 0.979. The van der Waals surface area contributed by atoms with E-state index in [1.165, 1.54) is 0 Å². The number of rotatable bonds is 7. The Bertz CT molecular complexity index is 857. The summed E-state index contributed by atoms with van der Waals surface area (Å²) in [5.41, 5.74) is 2.76. The number of hydrogen-bond acceptors (Lipinski definition) is 4. The van der Waals surface area contributed by atoms with Crippen molar-refractivity contribution in [2.24, 2.45) is 10.5 Å². The van der Waals surface area contributed by atoms with Crippen LogP contribution in [0.25, 0.3) is 0 Å². The summed E-state index contributed by atoms with van der Waals surface area (Å²) in [5, 5.41) is 10.3. The van der Waals surface area contributed by atoms with Gasteiger partial charge in [-0.3, -0.25) is 9.80 Å². The second-order valence-corrected chi connectivity index (χ2v) is 9.47. The zero-order chi connectivity index (χ0) is 20.1. The Morgan fingerprint density at radius 2 is 1.93 bits per heavy atom. The Morgan fingerprint density at radius 1 is 1.25 bits per heavy atom. The van der Waals surface area contributed by atoms with E-state index in [4.69, 9.17) is 16.7 Å². The molecule has 0 fully saturated rings. The van der Waals surface area contributed by atoms with Crippen LogP contribution in [0, 0.1) is 5.41 Å². The van der Waals surface area contributed by atoms with Gasteiger partial charge in [-0.25, -0.2) is 0 Å². The largest absolute Gasteiger partial charge is 0.324 e. The fourth-order valence-corrected chi connectivity index (χ4v) is 4.35. The second-order valence-electron chi connectivity index (χ2n) is 7.14. The molecule has 0 aliphatic carbocycles. The first-order valence-electron chi connectivity index (χ1n) is 9.04. The third-order valence-electron chi connectivity index (χ3n) is 4.77. The van der Waals surface area contributed by atoms with Crippen molar-refractivity contribution in [2.75, 3.05) is 30.4 Å². The van der Waals surface area contributed by atoms with Crippen molar-refractivity contribution in [3.8, 4) is 0 Å². The highest BCUT2D eigenvalue weighted by Crippen LogP contribution is 2.35. The molecule has 1 aliphatic rings. The molecule has 1 amide bonds. The molecule has 1 aliphatic heterocycles. The highest BCUT2D eigenvalue weighted by Gasteiger charge is 2.39. The summed E-state index contributed by atoms with van der Waals surface area (Å²) in [7, 11) is 0. The quantitative estimate of drug-likeness (QED) is 0.567. The summed E-state index contributed by atoms with van der Waals surface area (Å²) in [6.45, 7) is 3.17. The number of benzene rings is 2. The summed E-state index contributed by atoms with van der Waals surface area (Å²) >= 11 is 11.3. The highest BCUT2D eigenvalue weighted by molar-refractivity contribution is 9.10. The van der Waals surface area contributed by atoms with E-state index >= 15 is 0 Å². The summed E-state index contributed by atoms with van der Waals surface area (Å²) in [6, 6.07) is 15.3. The van der Waals surface area contributed by atoms with Crippen LogP contribution in [-0.4, -0.2) is 41.7 Å². The topological polar surface area (TPSA) is 44.7 Å². The molecule has 1 atom stereocenters. The average molecular weight is 481 g/mol. The van der Waals surface area contributed by atoms with Crippen LogP contribution in [0.3, 0.4) is 0 Å². The van der Waals surface area contributed by atoms with Crippen LogP contribution >= 0.6 is 39.3 Å². The van der Waals surface area contributed by atoms with Gasteiger partial charge in [-0.05, 0) is 60.4 Å². The number of nitrogens with one attached hydrogen (secondary N) is 1. The number of hydrazone groups is 1. The number of nitrogens with zero attached hydrogens (tertiary/aromatic N) is 2. The van der Waals surface area contributed by atoms with Crippen molar-refractivity contribution in [1.82, 2.24) is 5.01 Å². The first kappa shape index (κ1) is 21.2. The lowest BCUT2D eigenvalue weighted by atomic mass is 9.80. The van der Waals surface area contributed by atoms with Crippen LogP contribution in [-0.2, 0) is 4.79 Å². The van der Waals surface area contributed by atoms with Gasteiger partial charge in [0.15, 0.2) is 0 Å². The van der Waals surface area contributed by atoms with Crippen LogP contribution in [0.1, 0.15) is 18.9 Å². The van der Waals surface area contributed by atoms with Gasteiger partial charge in [-0.15, -0.1) is 0 Å². The first-order chi connectivity index (χ1) is 13.4. The molecule has 0 saturated heterocycles. The van der Waals surface area contributed by atoms with Gasteiger partial charge in [0.2, 0.25) is 5.91 Å². The molecule has 1 unspecified atom stereocenters. The fourth-order valence-electron chi connectivity index (χ4n) is 3.30. The molecule has 148 valence electrons. The molecule has 0 bridgehead atoms. The lowest BCUT2D eigenvalue weighted by Gasteiger charge is -2.26. The molecule has 0 saturated carbocycles. The van der Waals surface area contributed by atoms with Gasteiger partial charge >= 0.3 is 0 Å². The maximum absolute atomic E-state index is 12.5. The van der Waals surface area contributed by atoms with Gasteiger partial charge in [-0.2, -0.15) is 16.9 Å². The minimum atomic E-state index is -0.102. The molecule has 4 nitrogen and oxygen atoms in total. The van der Waals surface area contributed by atoms with Crippen molar-refractivity contribution in [3.63, 3.8) is 0 Å². The van der Waals surface area contributed by atoms with Gasteiger partial charge in [0, 0.05) is 27.1 Å². The van der Waals surface area contributed by atoms with E-state index in [1.54, 1.807) is 0 Å². The number of halogens is 2. The predicted molar refractivity (Wildman–Crippen MR) is 123 cm³/mol. The molecule has 2 aromatic carbocycles. The van der Waals surface area contributed by atoms with Crippen molar-refractivity contribution in [3.05, 3.63) is 63.6 Å². The third kappa shape index (κ3) is 5.31. The lowest BCUT2D eigenvalue weighted by molar-refractivity contribution is -0.117. The standard InChI is InChI=1S/C21H23BrClN3OS/c1-21(11-12-28-2)14-26(25-20(21)15-3-7-17(23)8-4-15)13-19(27)24-18-9-5-16(22)6-10-18/h3-10H,11-14H2,1-2H3,(H,24,27). The van der Waals surface area contributed by atoms with E-state index in [9.17, 15) is 4.79 Å². The number of anilines is 1. The number of amides is 1. The molecule has 2 aromatic rings. The minimum absolute atomic E-state index is 0.0735. The van der Waals surface area contributed by atoms with E-state index in [0.717, 1.165) is 40.2 Å². The first-order valence-corrected chi connectivity index (χ1v) is 11.6. The molecular formula is C21H23BrClN3OS. The van der Waals surface area contributed by atoms with Gasteiger partial charge in [0.25, 0.3) is 0 Å². The van der Waals surface area contributed by atoms with Crippen molar-refractivity contribution >= 4 is 56.6 Å². The molecular weight excluding hydrogens is 458 g/mol. The number of hydrogen-bond donors (Lipinski definition) is 1.